The number of benzene rings is 1. The van der Waals surface area contributed by atoms with Crippen molar-refractivity contribution in [3.05, 3.63) is 59.2 Å². The van der Waals surface area contributed by atoms with Crippen LogP contribution in [0.25, 0.3) is 0 Å². The second-order valence-corrected chi connectivity index (χ2v) is 8.39. The van der Waals surface area contributed by atoms with Crippen molar-refractivity contribution in [2.75, 3.05) is 28.6 Å². The summed E-state index contributed by atoms with van der Waals surface area (Å²) in [7, 11) is 1.44. The van der Waals surface area contributed by atoms with Crippen molar-refractivity contribution in [1.29, 1.82) is 0 Å². The molecule has 1 unspecified atom stereocenters. The molecule has 11 nitrogen and oxygen atoms in total. The summed E-state index contributed by atoms with van der Waals surface area (Å²) in [5, 5.41) is 6.28. The van der Waals surface area contributed by atoms with Gasteiger partial charge < -0.3 is 19.5 Å². The number of hydrogen-bond donors (Lipinski definition) is 3. The summed E-state index contributed by atoms with van der Waals surface area (Å²) < 4.78 is 24.3. The van der Waals surface area contributed by atoms with E-state index in [2.05, 4.69) is 31.1 Å². The van der Waals surface area contributed by atoms with E-state index >= 15 is 0 Å². The second-order valence-electron chi connectivity index (χ2n) is 7.41. The highest BCUT2D eigenvalue weighted by molar-refractivity contribution is 7.80. The van der Waals surface area contributed by atoms with Crippen molar-refractivity contribution in [2.45, 2.75) is 27.7 Å². The van der Waals surface area contributed by atoms with Crippen LogP contribution in [0.3, 0.4) is 0 Å². The SMILES string of the molecule is CCONC(=O)c1cnc(Nc2cc(C)nc(C)n2)cc1Nc1ccc(C)cc1N(C)S(=O)[O-]. The van der Waals surface area contributed by atoms with Crippen molar-refractivity contribution in [1.82, 2.24) is 20.4 Å². The van der Waals surface area contributed by atoms with Crippen LogP contribution in [0.5, 0.6) is 0 Å². The normalized spacial score (nSPS) is 11.6. The lowest BCUT2D eigenvalue weighted by molar-refractivity contribution is 0.0365. The number of nitrogens with zero attached hydrogens (tertiary/aromatic N) is 4. The predicted octanol–water partition coefficient (Wildman–Crippen LogP) is 3.20. The zero-order valence-corrected chi connectivity index (χ0v) is 20.3. The Kier molecular flexibility index (Phi) is 8.10. The molecule has 0 saturated carbocycles. The number of hydroxylamine groups is 1. The molecule has 0 fully saturated rings. The van der Waals surface area contributed by atoms with Gasteiger partial charge in [-0.1, -0.05) is 6.07 Å². The molecule has 1 atom stereocenters. The van der Waals surface area contributed by atoms with Gasteiger partial charge in [-0.15, -0.1) is 0 Å². The number of carbonyl (C=O) groups is 1. The minimum absolute atomic E-state index is 0.200. The molecule has 34 heavy (non-hydrogen) atoms. The van der Waals surface area contributed by atoms with Crippen molar-refractivity contribution < 1.29 is 18.4 Å². The zero-order chi connectivity index (χ0) is 24.8. The van der Waals surface area contributed by atoms with Crippen LogP contribution < -0.4 is 20.4 Å². The van der Waals surface area contributed by atoms with E-state index in [1.54, 1.807) is 38.1 Å². The first-order valence-electron chi connectivity index (χ1n) is 10.4. The van der Waals surface area contributed by atoms with Gasteiger partial charge in [0, 0.05) is 42.3 Å². The number of aryl methyl sites for hydroxylation is 3. The molecule has 180 valence electrons. The Hall–Kier alpha value is -3.61. The topological polar surface area (TPSA) is 144 Å². The third-order valence-electron chi connectivity index (χ3n) is 4.67. The zero-order valence-electron chi connectivity index (χ0n) is 19.5. The molecule has 0 aliphatic rings. The van der Waals surface area contributed by atoms with Gasteiger partial charge in [0.2, 0.25) is 0 Å². The Balaban J connectivity index is 2.03. The highest BCUT2D eigenvalue weighted by Gasteiger charge is 2.17. The number of nitrogens with one attached hydrogen (secondary N) is 3. The summed E-state index contributed by atoms with van der Waals surface area (Å²) in [6.45, 7) is 7.53. The van der Waals surface area contributed by atoms with E-state index in [0.29, 0.717) is 34.5 Å². The van der Waals surface area contributed by atoms with E-state index in [0.717, 1.165) is 15.6 Å². The molecule has 0 bridgehead atoms. The van der Waals surface area contributed by atoms with Crippen LogP contribution in [-0.2, 0) is 16.1 Å². The molecule has 2 aromatic heterocycles. The number of carbonyl (C=O) groups excluding carboxylic acids is 1. The maximum Gasteiger partial charge on any atom is 0.278 e. The Morgan fingerprint density at radius 1 is 1.09 bits per heavy atom. The van der Waals surface area contributed by atoms with Crippen LogP contribution in [0, 0.1) is 20.8 Å². The average Bonchev–Trinajstić information content (AvgIpc) is 2.77. The van der Waals surface area contributed by atoms with E-state index in [9.17, 15) is 13.6 Å². The lowest BCUT2D eigenvalue weighted by Gasteiger charge is -2.25. The first kappa shape index (κ1) is 25.0. The van der Waals surface area contributed by atoms with Crippen molar-refractivity contribution in [3.8, 4) is 0 Å². The fraction of sp³-hybridized carbons (Fsp3) is 0.273. The lowest BCUT2D eigenvalue weighted by atomic mass is 10.1. The van der Waals surface area contributed by atoms with Gasteiger partial charge in [0.25, 0.3) is 5.91 Å². The highest BCUT2D eigenvalue weighted by atomic mass is 32.2. The molecule has 3 rings (SSSR count). The lowest BCUT2D eigenvalue weighted by Crippen LogP contribution is -2.25. The van der Waals surface area contributed by atoms with Crippen molar-refractivity contribution in [2.24, 2.45) is 0 Å². The van der Waals surface area contributed by atoms with Crippen LogP contribution in [0.4, 0.5) is 28.7 Å². The van der Waals surface area contributed by atoms with Crippen molar-refractivity contribution >= 4 is 45.9 Å². The summed E-state index contributed by atoms with van der Waals surface area (Å²) >= 11 is -2.49. The van der Waals surface area contributed by atoms with Gasteiger partial charge in [-0.2, -0.15) is 0 Å². The molecule has 1 aromatic carbocycles. The van der Waals surface area contributed by atoms with E-state index in [4.69, 9.17) is 4.84 Å². The smallest absolute Gasteiger partial charge is 0.278 e. The fourth-order valence-corrected chi connectivity index (χ4v) is 3.46. The molecule has 3 N–H and O–H groups in total. The maximum atomic E-state index is 12.7. The first-order valence-corrected chi connectivity index (χ1v) is 11.4. The summed E-state index contributed by atoms with van der Waals surface area (Å²) in [5.74, 6) is 1.06. The minimum atomic E-state index is -2.49. The molecule has 3 aromatic rings. The van der Waals surface area contributed by atoms with E-state index in [1.165, 1.54) is 13.2 Å². The van der Waals surface area contributed by atoms with E-state index < -0.39 is 17.2 Å². The van der Waals surface area contributed by atoms with Gasteiger partial charge in [0.1, 0.15) is 17.5 Å². The molecule has 0 radical (unpaired) electrons. The van der Waals surface area contributed by atoms with Crippen LogP contribution in [0.1, 0.15) is 34.4 Å². The van der Waals surface area contributed by atoms with E-state index in [-0.39, 0.29) is 12.2 Å². The number of rotatable bonds is 9. The first-order chi connectivity index (χ1) is 16.2. The summed E-state index contributed by atoms with van der Waals surface area (Å²) in [6.07, 6.45) is 1.39. The molecular formula is C22H26N7O4S-. The summed E-state index contributed by atoms with van der Waals surface area (Å²) in [5.41, 5.74) is 5.50. The Labute approximate surface area is 200 Å². The fourth-order valence-electron chi connectivity index (χ4n) is 3.15. The Bertz CT molecular complexity index is 1200. The molecule has 12 heteroatoms. The quantitative estimate of drug-likeness (QED) is 0.308. The molecular weight excluding hydrogens is 458 g/mol. The molecule has 1 amide bonds. The molecule has 0 saturated heterocycles. The molecule has 0 aliphatic heterocycles. The monoisotopic (exact) mass is 484 g/mol. The standard InChI is InChI=1S/C22H27N7O4S/c1-6-33-28-22(30)16-12-23-20(27-21-10-14(3)24-15(4)25-21)11-18(16)26-17-8-7-13(2)9-19(17)29(5)34(31)32/h7-12H,6H2,1-5H3,(H,28,30)(H,31,32)(H2,23,24,25,26,27)/p-1. The van der Waals surface area contributed by atoms with Crippen LogP contribution in [0.2, 0.25) is 0 Å². The number of hydrogen-bond acceptors (Lipinski definition) is 9. The number of pyridine rings is 1. The van der Waals surface area contributed by atoms with E-state index in [1.807, 2.05) is 19.9 Å². The van der Waals surface area contributed by atoms with Crippen LogP contribution in [0.15, 0.2) is 36.5 Å². The molecule has 0 aliphatic carbocycles. The molecule has 2 heterocycles. The van der Waals surface area contributed by atoms with Gasteiger partial charge in [0.15, 0.2) is 0 Å². The van der Waals surface area contributed by atoms with Crippen LogP contribution >= 0.6 is 0 Å². The number of aromatic nitrogens is 3. The summed E-state index contributed by atoms with van der Waals surface area (Å²) in [4.78, 5) is 30.7. The van der Waals surface area contributed by atoms with Gasteiger partial charge in [0.05, 0.1) is 29.2 Å². The Morgan fingerprint density at radius 3 is 2.53 bits per heavy atom. The van der Waals surface area contributed by atoms with Gasteiger partial charge in [-0.3, -0.25) is 13.8 Å². The van der Waals surface area contributed by atoms with Gasteiger partial charge in [-0.05, 0) is 45.4 Å². The second kappa shape index (κ2) is 11.0. The predicted molar refractivity (Wildman–Crippen MR) is 130 cm³/mol. The minimum Gasteiger partial charge on any atom is -0.755 e. The largest absolute Gasteiger partial charge is 0.755 e. The molecule has 0 spiro atoms. The Morgan fingerprint density at radius 2 is 1.85 bits per heavy atom. The van der Waals surface area contributed by atoms with Crippen molar-refractivity contribution in [3.63, 3.8) is 0 Å². The average molecular weight is 485 g/mol. The van der Waals surface area contributed by atoms with Crippen LogP contribution in [-0.4, -0.2) is 43.3 Å². The third kappa shape index (κ3) is 6.25. The maximum absolute atomic E-state index is 12.7. The highest BCUT2D eigenvalue weighted by Crippen LogP contribution is 2.32. The number of anilines is 5. The van der Waals surface area contributed by atoms with Gasteiger partial charge in [-0.25, -0.2) is 20.4 Å². The summed E-state index contributed by atoms with van der Waals surface area (Å²) in [6, 6.07) is 8.70. The third-order valence-corrected chi connectivity index (χ3v) is 5.31. The van der Waals surface area contributed by atoms with Gasteiger partial charge >= 0.3 is 0 Å². The number of amides is 1.